The molecule has 0 saturated carbocycles. The van der Waals surface area contributed by atoms with Crippen LogP contribution in [-0.4, -0.2) is 57.3 Å². The third kappa shape index (κ3) is 5.26. The number of hydrogen-bond donors (Lipinski definition) is 0. The number of nitriles is 1. The standard InChI is InChI=1S/C27H31N5O2S2/c1-4-5-11-32-26(34)23(36-27(32)35)16-21-19(2)22(17-28)25(33)29(3)24(21)31-14-12-30(13-15-31)18-20-9-7-6-8-10-20/h6-10,16H,4-5,11-15,18H2,1-3H3. The molecule has 0 spiro atoms. The molecule has 0 unspecified atom stereocenters. The number of thioether (sulfide) groups is 1. The molecule has 7 nitrogen and oxygen atoms in total. The number of amides is 1. The van der Waals surface area contributed by atoms with Crippen LogP contribution in [0.15, 0.2) is 40.0 Å². The predicted octanol–water partition coefficient (Wildman–Crippen LogP) is 3.89. The molecule has 3 heterocycles. The zero-order chi connectivity index (χ0) is 25.8. The summed E-state index contributed by atoms with van der Waals surface area (Å²) in [6.45, 7) is 8.53. The van der Waals surface area contributed by atoms with Crippen molar-refractivity contribution in [2.24, 2.45) is 7.05 Å². The Bertz CT molecular complexity index is 1290. The summed E-state index contributed by atoms with van der Waals surface area (Å²) in [6, 6.07) is 12.5. The molecule has 188 valence electrons. The maximum absolute atomic E-state index is 13.1. The third-order valence-electron chi connectivity index (χ3n) is 6.77. The van der Waals surface area contributed by atoms with Crippen LogP contribution >= 0.6 is 24.0 Å². The SMILES string of the molecule is CCCCN1C(=O)C(=Cc2c(C)c(C#N)c(=O)n(C)c2N2CCN(Cc3ccccc3)CC2)SC1=S. The molecule has 1 aromatic heterocycles. The normalized spacial score (nSPS) is 17.8. The zero-order valence-electron chi connectivity index (χ0n) is 21.0. The molecule has 2 aromatic rings. The number of benzene rings is 1. The summed E-state index contributed by atoms with van der Waals surface area (Å²) in [7, 11) is 1.71. The van der Waals surface area contributed by atoms with Gasteiger partial charge in [0, 0.05) is 51.9 Å². The Labute approximate surface area is 222 Å². The van der Waals surface area contributed by atoms with Gasteiger partial charge in [-0.2, -0.15) is 5.26 Å². The Balaban J connectivity index is 1.66. The Kier molecular flexibility index (Phi) is 8.29. The topological polar surface area (TPSA) is 72.6 Å². The number of carbonyl (C=O) groups excluding carboxylic acids is 1. The van der Waals surface area contributed by atoms with E-state index in [2.05, 4.69) is 47.1 Å². The number of rotatable bonds is 7. The van der Waals surface area contributed by atoms with Gasteiger partial charge >= 0.3 is 0 Å². The van der Waals surface area contributed by atoms with Crippen molar-refractivity contribution in [1.29, 1.82) is 5.26 Å². The molecule has 2 fully saturated rings. The van der Waals surface area contributed by atoms with Gasteiger partial charge in [-0.05, 0) is 30.5 Å². The van der Waals surface area contributed by atoms with Crippen LogP contribution in [0.5, 0.6) is 0 Å². The summed E-state index contributed by atoms with van der Waals surface area (Å²) >= 11 is 6.77. The lowest BCUT2D eigenvalue weighted by Crippen LogP contribution is -2.48. The van der Waals surface area contributed by atoms with Gasteiger partial charge in [0.2, 0.25) is 0 Å². The lowest BCUT2D eigenvalue weighted by molar-refractivity contribution is -0.122. The molecule has 4 rings (SSSR count). The van der Waals surface area contributed by atoms with Crippen molar-refractivity contribution in [2.45, 2.75) is 33.2 Å². The van der Waals surface area contributed by atoms with Gasteiger partial charge in [0.25, 0.3) is 11.5 Å². The smallest absolute Gasteiger partial charge is 0.270 e. The Morgan fingerprint density at radius 1 is 1.14 bits per heavy atom. The molecule has 0 aliphatic carbocycles. The van der Waals surface area contributed by atoms with Gasteiger partial charge in [0.1, 0.15) is 21.8 Å². The van der Waals surface area contributed by atoms with Crippen LogP contribution in [0.2, 0.25) is 0 Å². The van der Waals surface area contributed by atoms with E-state index in [-0.39, 0.29) is 17.0 Å². The molecule has 2 saturated heterocycles. The lowest BCUT2D eigenvalue weighted by Gasteiger charge is -2.37. The molecule has 9 heteroatoms. The van der Waals surface area contributed by atoms with E-state index in [1.54, 1.807) is 23.4 Å². The summed E-state index contributed by atoms with van der Waals surface area (Å²) in [4.78, 5) is 33.0. The van der Waals surface area contributed by atoms with Gasteiger partial charge in [-0.3, -0.25) is 24.0 Å². The van der Waals surface area contributed by atoms with E-state index in [0.29, 0.717) is 21.3 Å². The third-order valence-corrected chi connectivity index (χ3v) is 8.15. The number of aromatic nitrogens is 1. The summed E-state index contributed by atoms with van der Waals surface area (Å²) in [5.74, 6) is 0.638. The first-order valence-corrected chi connectivity index (χ1v) is 13.5. The molecular weight excluding hydrogens is 490 g/mol. The molecule has 0 N–H and O–H groups in total. The highest BCUT2D eigenvalue weighted by atomic mass is 32.2. The largest absolute Gasteiger partial charge is 0.355 e. The first-order chi connectivity index (χ1) is 17.3. The Morgan fingerprint density at radius 2 is 1.83 bits per heavy atom. The number of hydrogen-bond acceptors (Lipinski definition) is 7. The number of unbranched alkanes of at least 4 members (excludes halogenated alkanes) is 1. The second-order valence-corrected chi connectivity index (χ2v) is 10.8. The summed E-state index contributed by atoms with van der Waals surface area (Å²) in [5, 5.41) is 9.71. The first-order valence-electron chi connectivity index (χ1n) is 12.3. The van der Waals surface area contributed by atoms with E-state index in [9.17, 15) is 14.9 Å². The second kappa shape index (κ2) is 11.4. The van der Waals surface area contributed by atoms with E-state index < -0.39 is 0 Å². The molecule has 2 aliphatic rings. The first kappa shape index (κ1) is 26.1. The quantitative estimate of drug-likeness (QED) is 0.404. The Hall–Kier alpha value is -2.93. The maximum atomic E-state index is 13.1. The van der Waals surface area contributed by atoms with Gasteiger partial charge in [-0.1, -0.05) is 67.7 Å². The van der Waals surface area contributed by atoms with Gasteiger partial charge in [-0.25, -0.2) is 0 Å². The van der Waals surface area contributed by atoms with E-state index in [0.717, 1.165) is 56.9 Å². The van der Waals surface area contributed by atoms with Crippen molar-refractivity contribution in [3.8, 4) is 6.07 Å². The number of pyridine rings is 1. The van der Waals surface area contributed by atoms with Gasteiger partial charge < -0.3 is 4.90 Å². The highest BCUT2D eigenvalue weighted by Crippen LogP contribution is 2.36. The van der Waals surface area contributed by atoms with Crippen LogP contribution < -0.4 is 10.5 Å². The van der Waals surface area contributed by atoms with E-state index in [1.165, 1.54) is 17.3 Å². The molecule has 1 aromatic carbocycles. The number of carbonyl (C=O) groups is 1. The van der Waals surface area contributed by atoms with E-state index in [1.807, 2.05) is 12.1 Å². The average molecular weight is 522 g/mol. The highest BCUT2D eigenvalue weighted by Gasteiger charge is 2.33. The minimum absolute atomic E-state index is 0.108. The van der Waals surface area contributed by atoms with E-state index in [4.69, 9.17) is 12.2 Å². The zero-order valence-corrected chi connectivity index (χ0v) is 22.6. The molecule has 1 amide bonds. The van der Waals surface area contributed by atoms with Crippen molar-refractivity contribution >= 4 is 46.1 Å². The number of nitrogens with zero attached hydrogens (tertiary/aromatic N) is 5. The minimum Gasteiger partial charge on any atom is -0.355 e. The molecule has 36 heavy (non-hydrogen) atoms. The van der Waals surface area contributed by atoms with Crippen LogP contribution in [0.25, 0.3) is 6.08 Å². The second-order valence-electron chi connectivity index (χ2n) is 9.15. The van der Waals surface area contributed by atoms with Gasteiger partial charge in [-0.15, -0.1) is 0 Å². The molecule has 0 radical (unpaired) electrons. The van der Waals surface area contributed by atoms with Crippen LogP contribution in [0.1, 0.15) is 42.0 Å². The van der Waals surface area contributed by atoms with Crippen molar-refractivity contribution in [1.82, 2.24) is 14.4 Å². The molecule has 0 atom stereocenters. The van der Waals surface area contributed by atoms with Gasteiger partial charge in [0.15, 0.2) is 0 Å². The van der Waals surface area contributed by atoms with Crippen LogP contribution in [0, 0.1) is 18.3 Å². The minimum atomic E-state index is -0.315. The number of thiocarbonyl (C=S) groups is 1. The fourth-order valence-corrected chi connectivity index (χ4v) is 5.98. The van der Waals surface area contributed by atoms with E-state index >= 15 is 0 Å². The molecule has 2 aliphatic heterocycles. The number of anilines is 1. The lowest BCUT2D eigenvalue weighted by atomic mass is 10.0. The molecular formula is C27H31N5O2S2. The number of piperazine rings is 1. The van der Waals surface area contributed by atoms with Crippen LogP contribution in [0.3, 0.4) is 0 Å². The summed E-state index contributed by atoms with van der Waals surface area (Å²) in [5.41, 5.74) is 2.40. The fourth-order valence-electron chi connectivity index (χ4n) is 4.69. The average Bonchev–Trinajstić information content (AvgIpc) is 3.15. The molecule has 0 bridgehead atoms. The van der Waals surface area contributed by atoms with Crippen LogP contribution in [-0.2, 0) is 18.4 Å². The Morgan fingerprint density at radius 3 is 2.47 bits per heavy atom. The summed E-state index contributed by atoms with van der Waals surface area (Å²) < 4.78 is 2.11. The van der Waals surface area contributed by atoms with Crippen molar-refractivity contribution in [2.75, 3.05) is 37.6 Å². The summed E-state index contributed by atoms with van der Waals surface area (Å²) in [6.07, 6.45) is 3.68. The highest BCUT2D eigenvalue weighted by molar-refractivity contribution is 8.26. The monoisotopic (exact) mass is 521 g/mol. The van der Waals surface area contributed by atoms with Gasteiger partial charge in [0.05, 0.1) is 4.91 Å². The fraction of sp³-hybridized carbons (Fsp3) is 0.407. The van der Waals surface area contributed by atoms with Crippen LogP contribution in [0.4, 0.5) is 5.82 Å². The van der Waals surface area contributed by atoms with Crippen molar-refractivity contribution < 1.29 is 4.79 Å². The van der Waals surface area contributed by atoms with Crippen molar-refractivity contribution in [3.05, 3.63) is 67.8 Å². The maximum Gasteiger partial charge on any atom is 0.270 e. The predicted molar refractivity (Wildman–Crippen MR) is 150 cm³/mol. The van der Waals surface area contributed by atoms with Crippen molar-refractivity contribution in [3.63, 3.8) is 0 Å².